The van der Waals surface area contributed by atoms with Gasteiger partial charge in [-0.1, -0.05) is 31.9 Å². The highest BCUT2D eigenvalue weighted by molar-refractivity contribution is 7.64. The van der Waals surface area contributed by atoms with Crippen molar-refractivity contribution >= 4 is 46.0 Å². The molecule has 2 unspecified atom stereocenters. The van der Waals surface area contributed by atoms with Crippen molar-refractivity contribution in [1.29, 1.82) is 0 Å². The van der Waals surface area contributed by atoms with Gasteiger partial charge in [-0.05, 0) is 49.9 Å². The number of thiophene rings is 1. The number of benzene rings is 2. The van der Waals surface area contributed by atoms with Crippen molar-refractivity contribution in [3.63, 3.8) is 0 Å². The topological polar surface area (TPSA) is 27.3 Å². The number of hydrogen-bond acceptors (Lipinski definition) is 4. The van der Waals surface area contributed by atoms with E-state index < -0.39 is 44.4 Å². The number of hydrogen-bond donors (Lipinski definition) is 2. The van der Waals surface area contributed by atoms with Crippen LogP contribution in [0.2, 0.25) is 0 Å². The number of alkyl halides is 4. The molecule has 2 heterocycles. The predicted octanol–water partition coefficient (Wildman–Crippen LogP) is 6.57. The second kappa shape index (κ2) is 11.7. The van der Waals surface area contributed by atoms with Gasteiger partial charge in [0.2, 0.25) is 0 Å². The highest BCUT2D eigenvalue weighted by atomic mass is 32.1. The van der Waals surface area contributed by atoms with Crippen molar-refractivity contribution in [2.75, 3.05) is 50.6 Å². The van der Waals surface area contributed by atoms with E-state index in [0.29, 0.717) is 34.0 Å². The van der Waals surface area contributed by atoms with Crippen molar-refractivity contribution in [3.8, 4) is 11.8 Å². The lowest BCUT2D eigenvalue weighted by atomic mass is 10.0. The monoisotopic (exact) mass is 571 g/mol. The summed E-state index contributed by atoms with van der Waals surface area (Å²) in [5, 5.41) is 6.64. The van der Waals surface area contributed by atoms with Crippen molar-refractivity contribution in [3.05, 3.63) is 52.4 Å². The molecule has 1 fully saturated rings. The summed E-state index contributed by atoms with van der Waals surface area (Å²) in [6, 6.07) is 6.78. The van der Waals surface area contributed by atoms with E-state index in [4.69, 9.17) is 0 Å². The van der Waals surface area contributed by atoms with Gasteiger partial charge in [-0.2, -0.15) is 13.2 Å². The van der Waals surface area contributed by atoms with Gasteiger partial charge in [0.1, 0.15) is 17.8 Å². The average molecular weight is 572 g/mol. The third-order valence-electron chi connectivity index (χ3n) is 6.37. The molecule has 1 saturated heterocycles. The Kier molecular flexibility index (Phi) is 8.81. The number of anilines is 2. The molecule has 3 nitrogen and oxygen atoms in total. The molecule has 0 saturated carbocycles. The van der Waals surface area contributed by atoms with Crippen LogP contribution in [0.25, 0.3) is 10.1 Å². The summed E-state index contributed by atoms with van der Waals surface area (Å²) in [5.74, 6) is 4.40. The van der Waals surface area contributed by atoms with Gasteiger partial charge in [0.15, 0.2) is 0 Å². The van der Waals surface area contributed by atoms with Crippen LogP contribution < -0.4 is 15.9 Å². The van der Waals surface area contributed by atoms with Gasteiger partial charge in [-0.15, -0.1) is 11.3 Å². The Balaban J connectivity index is 1.60. The summed E-state index contributed by atoms with van der Waals surface area (Å²) < 4.78 is 84.3. The second-order valence-corrected chi connectivity index (χ2v) is 12.8. The molecule has 2 aromatic carbocycles. The molecule has 1 aromatic heterocycles. The summed E-state index contributed by atoms with van der Waals surface area (Å²) in [6.45, 7) is 4.55. The molecular weight excluding hydrogens is 543 g/mol. The molecule has 0 radical (unpaired) electrons. The highest BCUT2D eigenvalue weighted by Gasteiger charge is 2.32. The Hall–Kier alpha value is -2.47. The van der Waals surface area contributed by atoms with Gasteiger partial charge < -0.3 is 15.5 Å². The normalized spacial score (nSPS) is 18.5. The summed E-state index contributed by atoms with van der Waals surface area (Å²) >= 11 is 1.11. The Labute approximate surface area is 223 Å². The molecule has 11 heteroatoms. The zero-order chi connectivity index (χ0) is 27.6. The van der Waals surface area contributed by atoms with Crippen molar-refractivity contribution in [2.24, 2.45) is 0 Å². The number of fused-ring (bicyclic) bond motifs is 1. The smallest absolute Gasteiger partial charge is 0.378 e. The van der Waals surface area contributed by atoms with Gasteiger partial charge in [-0.25, -0.2) is 13.2 Å². The first-order chi connectivity index (χ1) is 17.9. The number of nitrogens with one attached hydrogen (secondary N) is 2. The largest absolute Gasteiger partial charge is 0.393 e. The fraction of sp³-hybridized carbons (Fsp3) is 0.407. The fourth-order valence-electron chi connectivity index (χ4n) is 4.46. The molecule has 2 atom stereocenters. The Morgan fingerprint density at radius 1 is 1.13 bits per heavy atom. The summed E-state index contributed by atoms with van der Waals surface area (Å²) in [5.41, 5.74) is 0.563. The number of halogens is 6. The molecule has 0 amide bonds. The summed E-state index contributed by atoms with van der Waals surface area (Å²) in [7, 11) is 1.03. The lowest BCUT2D eigenvalue weighted by Gasteiger charge is -2.33. The Bertz CT molecular complexity index is 1360. The van der Waals surface area contributed by atoms with Crippen LogP contribution in [-0.2, 0) is 6.42 Å². The first-order valence-electron chi connectivity index (χ1n) is 12.0. The standard InChI is InChI=1S/C27H28F6N3PS/c1-36-11-9-21(20(30)15-36)35-22-7-4-6-16-17(14-27(31,32)33)25(38-26(16)22)8-5-10-34-23-12-19(29)24(37(2)3)13-18(23)28/h4,6-7,12-13,20-21,34-35H,9-11,14-15H2,1-3H3. The average Bonchev–Trinajstić information content (AvgIpc) is 3.17. The SMILES string of the molecule is CN1CCC(Nc2cccc3c(CC(F)(F)F)c(C#CCNc4cc(F)c(P(C)C)cc4F)sc23)C(F)C1. The molecule has 0 bridgehead atoms. The molecule has 0 aliphatic carbocycles. The minimum absolute atomic E-state index is 0.0506. The van der Waals surface area contributed by atoms with E-state index >= 15 is 0 Å². The number of piperidine rings is 1. The molecule has 4 rings (SSSR count). The van der Waals surface area contributed by atoms with Crippen LogP contribution >= 0.6 is 19.3 Å². The zero-order valence-electron chi connectivity index (χ0n) is 21.1. The van der Waals surface area contributed by atoms with Crippen molar-refractivity contribution in [2.45, 2.75) is 31.2 Å². The summed E-state index contributed by atoms with van der Waals surface area (Å²) in [6.07, 6.45) is -6.15. The van der Waals surface area contributed by atoms with Crippen LogP contribution in [0.3, 0.4) is 0 Å². The molecule has 38 heavy (non-hydrogen) atoms. The van der Waals surface area contributed by atoms with E-state index in [1.807, 2.05) is 25.3 Å². The van der Waals surface area contributed by atoms with Crippen LogP contribution in [0, 0.1) is 23.5 Å². The predicted molar refractivity (Wildman–Crippen MR) is 146 cm³/mol. The Morgan fingerprint density at radius 2 is 1.89 bits per heavy atom. The van der Waals surface area contributed by atoms with Gasteiger partial charge in [0.05, 0.1) is 40.0 Å². The summed E-state index contributed by atoms with van der Waals surface area (Å²) in [4.78, 5) is 2.13. The van der Waals surface area contributed by atoms with Crippen LogP contribution in [0.1, 0.15) is 16.9 Å². The van der Waals surface area contributed by atoms with Crippen molar-refractivity contribution < 1.29 is 26.3 Å². The minimum atomic E-state index is -4.45. The van der Waals surface area contributed by atoms with Gasteiger partial charge in [-0.3, -0.25) is 0 Å². The maximum atomic E-state index is 14.6. The maximum Gasteiger partial charge on any atom is 0.393 e. The van der Waals surface area contributed by atoms with Crippen molar-refractivity contribution in [1.82, 2.24) is 4.90 Å². The minimum Gasteiger partial charge on any atom is -0.378 e. The molecule has 3 aromatic rings. The van der Waals surface area contributed by atoms with E-state index in [9.17, 15) is 26.3 Å². The van der Waals surface area contributed by atoms with E-state index in [1.54, 1.807) is 18.2 Å². The lowest BCUT2D eigenvalue weighted by Crippen LogP contribution is -2.46. The van der Waals surface area contributed by atoms with Gasteiger partial charge >= 0.3 is 6.18 Å². The highest BCUT2D eigenvalue weighted by Crippen LogP contribution is 2.39. The molecule has 1 aliphatic heterocycles. The number of rotatable bonds is 6. The van der Waals surface area contributed by atoms with E-state index in [1.165, 1.54) is 0 Å². The van der Waals surface area contributed by atoms with Crippen LogP contribution in [-0.4, -0.2) is 63.3 Å². The molecular formula is C27H28F6N3PS. The second-order valence-electron chi connectivity index (χ2n) is 9.53. The third kappa shape index (κ3) is 6.74. The quantitative estimate of drug-likeness (QED) is 0.199. The first kappa shape index (κ1) is 28.5. The van der Waals surface area contributed by atoms with E-state index in [-0.39, 0.29) is 29.2 Å². The van der Waals surface area contributed by atoms with Crippen LogP contribution in [0.15, 0.2) is 30.3 Å². The molecule has 2 N–H and O–H groups in total. The first-order valence-corrected chi connectivity index (χ1v) is 15.1. The third-order valence-corrected chi connectivity index (χ3v) is 8.87. The zero-order valence-corrected chi connectivity index (χ0v) is 22.9. The Morgan fingerprint density at radius 3 is 2.58 bits per heavy atom. The number of nitrogens with zero attached hydrogens (tertiary/aromatic N) is 1. The molecule has 1 aliphatic rings. The fourth-order valence-corrected chi connectivity index (χ4v) is 6.49. The molecule has 204 valence electrons. The van der Waals surface area contributed by atoms with Crippen LogP contribution in [0.4, 0.5) is 37.7 Å². The van der Waals surface area contributed by atoms with Gasteiger partial charge in [0.25, 0.3) is 0 Å². The maximum absolute atomic E-state index is 14.6. The molecule has 0 spiro atoms. The van der Waals surface area contributed by atoms with E-state index in [2.05, 4.69) is 22.5 Å². The van der Waals surface area contributed by atoms with Gasteiger partial charge in [0, 0.05) is 24.5 Å². The number of likely N-dealkylation sites (tertiary alicyclic amines) is 1. The lowest BCUT2D eigenvalue weighted by molar-refractivity contribution is -0.126. The van der Waals surface area contributed by atoms with E-state index in [0.717, 1.165) is 23.5 Å². The van der Waals surface area contributed by atoms with Crippen LogP contribution in [0.5, 0.6) is 0 Å².